The number of anilines is 1. The fourth-order valence-electron chi connectivity index (χ4n) is 1.82. The second kappa shape index (κ2) is 6.13. The Morgan fingerprint density at radius 3 is 2.71 bits per heavy atom. The maximum atomic E-state index is 13.8. The summed E-state index contributed by atoms with van der Waals surface area (Å²) >= 11 is 0. The van der Waals surface area contributed by atoms with E-state index in [-0.39, 0.29) is 29.2 Å². The molecule has 110 valence electrons. The molecule has 2 aromatic carbocycles. The molecule has 0 aliphatic rings. The number of nitrogens with two attached hydrogens (primary N) is 1. The van der Waals surface area contributed by atoms with Gasteiger partial charge in [0.2, 0.25) is 0 Å². The average molecular weight is 291 g/mol. The number of nitrogen functional groups attached to an aromatic ring is 1. The van der Waals surface area contributed by atoms with Gasteiger partial charge in [0.05, 0.1) is 7.11 Å². The van der Waals surface area contributed by atoms with E-state index in [1.54, 1.807) is 12.1 Å². The van der Waals surface area contributed by atoms with E-state index >= 15 is 0 Å². The lowest BCUT2D eigenvalue weighted by Gasteiger charge is -2.11. The van der Waals surface area contributed by atoms with Crippen LogP contribution in [0.4, 0.5) is 10.1 Å². The van der Waals surface area contributed by atoms with Crippen LogP contribution in [0.15, 0.2) is 36.4 Å². The number of carboxylic acids is 1. The molecule has 0 unspecified atom stereocenters. The normalized spacial score (nSPS) is 10.2. The molecule has 0 heterocycles. The number of aromatic carboxylic acids is 1. The predicted octanol–water partition coefficient (Wildman–Crippen LogP) is 2.69. The van der Waals surface area contributed by atoms with Crippen molar-refractivity contribution in [3.63, 3.8) is 0 Å². The molecule has 0 bridgehead atoms. The van der Waals surface area contributed by atoms with E-state index in [0.29, 0.717) is 5.75 Å². The van der Waals surface area contributed by atoms with Gasteiger partial charge in [0.25, 0.3) is 0 Å². The lowest BCUT2D eigenvalue weighted by atomic mass is 10.1. The third kappa shape index (κ3) is 3.22. The Hall–Kier alpha value is -2.76. The van der Waals surface area contributed by atoms with Crippen molar-refractivity contribution in [1.29, 1.82) is 0 Å². The molecule has 21 heavy (non-hydrogen) atoms. The zero-order valence-electron chi connectivity index (χ0n) is 11.3. The molecule has 0 aliphatic heterocycles. The fraction of sp³-hybridized carbons (Fsp3) is 0.133. The van der Waals surface area contributed by atoms with E-state index in [1.165, 1.54) is 31.4 Å². The highest BCUT2D eigenvalue weighted by Crippen LogP contribution is 2.26. The van der Waals surface area contributed by atoms with Gasteiger partial charge in [-0.2, -0.15) is 0 Å². The van der Waals surface area contributed by atoms with Crippen molar-refractivity contribution in [2.45, 2.75) is 6.61 Å². The first-order valence-electron chi connectivity index (χ1n) is 6.10. The van der Waals surface area contributed by atoms with E-state index in [1.807, 2.05) is 0 Å². The summed E-state index contributed by atoms with van der Waals surface area (Å²) in [6.07, 6.45) is 0. The van der Waals surface area contributed by atoms with Crippen LogP contribution in [0, 0.1) is 5.82 Å². The van der Waals surface area contributed by atoms with Crippen LogP contribution in [0.5, 0.6) is 11.5 Å². The van der Waals surface area contributed by atoms with Crippen LogP contribution in [-0.4, -0.2) is 18.2 Å². The zero-order valence-corrected chi connectivity index (χ0v) is 11.3. The first-order chi connectivity index (χ1) is 10.0. The molecule has 5 nitrogen and oxygen atoms in total. The number of methoxy groups -OCH3 is 1. The van der Waals surface area contributed by atoms with Gasteiger partial charge in [0.1, 0.15) is 29.5 Å². The Kier molecular flexibility index (Phi) is 4.27. The van der Waals surface area contributed by atoms with Crippen molar-refractivity contribution >= 4 is 11.7 Å². The Balaban J connectivity index is 2.21. The lowest BCUT2D eigenvalue weighted by molar-refractivity contribution is 0.0693. The first-order valence-corrected chi connectivity index (χ1v) is 6.10. The Labute approximate surface area is 120 Å². The van der Waals surface area contributed by atoms with Crippen molar-refractivity contribution in [1.82, 2.24) is 0 Å². The summed E-state index contributed by atoms with van der Waals surface area (Å²) in [5, 5.41) is 9.12. The highest BCUT2D eigenvalue weighted by Gasteiger charge is 2.15. The highest BCUT2D eigenvalue weighted by atomic mass is 19.1. The smallest absolute Gasteiger partial charge is 0.341 e. The number of hydrogen-bond donors (Lipinski definition) is 2. The molecule has 2 aromatic rings. The number of halogens is 1. The highest BCUT2D eigenvalue weighted by molar-refractivity contribution is 5.96. The standard InChI is InChI=1S/C15H14FNO4/c1-20-10-6-5-9(11(16)7-10)8-21-13-4-2-3-12(17)14(13)15(18)19/h2-7H,8,17H2,1H3,(H,18,19). The molecule has 0 aromatic heterocycles. The number of rotatable bonds is 5. The molecule has 3 N–H and O–H groups in total. The van der Waals surface area contributed by atoms with Gasteiger partial charge in [-0.05, 0) is 24.3 Å². The van der Waals surface area contributed by atoms with Gasteiger partial charge in [-0.15, -0.1) is 0 Å². The monoisotopic (exact) mass is 291 g/mol. The third-order valence-corrected chi connectivity index (χ3v) is 2.92. The van der Waals surface area contributed by atoms with E-state index < -0.39 is 11.8 Å². The fourth-order valence-corrected chi connectivity index (χ4v) is 1.82. The number of benzene rings is 2. The quantitative estimate of drug-likeness (QED) is 0.828. The Bertz CT molecular complexity index is 673. The average Bonchev–Trinajstić information content (AvgIpc) is 2.45. The molecule has 0 radical (unpaired) electrons. The summed E-state index contributed by atoms with van der Waals surface area (Å²) in [6.45, 7) is -0.112. The largest absolute Gasteiger partial charge is 0.497 e. The minimum absolute atomic E-state index is 0.0928. The van der Waals surface area contributed by atoms with Crippen LogP contribution in [-0.2, 0) is 6.61 Å². The van der Waals surface area contributed by atoms with Crippen molar-refractivity contribution in [2.75, 3.05) is 12.8 Å². The number of hydrogen-bond acceptors (Lipinski definition) is 4. The lowest BCUT2D eigenvalue weighted by Crippen LogP contribution is -2.07. The maximum Gasteiger partial charge on any atom is 0.341 e. The minimum atomic E-state index is -1.20. The van der Waals surface area contributed by atoms with Gasteiger partial charge in [-0.1, -0.05) is 6.07 Å². The van der Waals surface area contributed by atoms with Gasteiger partial charge in [0, 0.05) is 17.3 Å². The molecule has 0 atom stereocenters. The summed E-state index contributed by atoms with van der Waals surface area (Å²) in [6, 6.07) is 8.85. The van der Waals surface area contributed by atoms with Gasteiger partial charge >= 0.3 is 5.97 Å². The van der Waals surface area contributed by atoms with E-state index in [4.69, 9.17) is 20.3 Å². The van der Waals surface area contributed by atoms with Crippen molar-refractivity contribution in [3.05, 3.63) is 53.3 Å². The molecule has 0 amide bonds. The second-order valence-electron chi connectivity index (χ2n) is 4.27. The number of ether oxygens (including phenoxy) is 2. The summed E-state index contributed by atoms with van der Waals surface area (Å²) in [4.78, 5) is 11.2. The van der Waals surface area contributed by atoms with Crippen LogP contribution >= 0.6 is 0 Å². The van der Waals surface area contributed by atoms with E-state index in [2.05, 4.69) is 0 Å². The second-order valence-corrected chi connectivity index (χ2v) is 4.27. The van der Waals surface area contributed by atoms with Crippen molar-refractivity contribution < 1.29 is 23.8 Å². The first kappa shape index (κ1) is 14.6. The van der Waals surface area contributed by atoms with Crippen molar-refractivity contribution in [3.8, 4) is 11.5 Å². The third-order valence-electron chi connectivity index (χ3n) is 2.92. The van der Waals surface area contributed by atoms with Gasteiger partial charge in [-0.25, -0.2) is 9.18 Å². The molecule has 0 saturated carbocycles. The van der Waals surface area contributed by atoms with Crippen LogP contribution in [0.1, 0.15) is 15.9 Å². The molecule has 0 fully saturated rings. The van der Waals surface area contributed by atoms with Gasteiger partial charge < -0.3 is 20.3 Å². The zero-order chi connectivity index (χ0) is 15.4. The SMILES string of the molecule is COc1ccc(COc2cccc(N)c2C(=O)O)c(F)c1. The molecule has 0 saturated heterocycles. The van der Waals surface area contributed by atoms with E-state index in [9.17, 15) is 9.18 Å². The summed E-state index contributed by atoms with van der Waals surface area (Å²) < 4.78 is 24.1. The van der Waals surface area contributed by atoms with Crippen molar-refractivity contribution in [2.24, 2.45) is 0 Å². The number of carboxylic acid groups (broad SMARTS) is 1. The van der Waals surface area contributed by atoms with E-state index in [0.717, 1.165) is 0 Å². The van der Waals surface area contributed by atoms with Gasteiger partial charge in [0.15, 0.2) is 0 Å². The summed E-state index contributed by atoms with van der Waals surface area (Å²) in [7, 11) is 1.44. The Morgan fingerprint density at radius 2 is 2.10 bits per heavy atom. The molecule has 0 aliphatic carbocycles. The van der Waals surface area contributed by atoms with Crippen LogP contribution in [0.3, 0.4) is 0 Å². The van der Waals surface area contributed by atoms with Crippen LogP contribution < -0.4 is 15.2 Å². The topological polar surface area (TPSA) is 81.8 Å². The summed E-state index contributed by atoms with van der Waals surface area (Å²) in [5.74, 6) is -1.20. The van der Waals surface area contributed by atoms with Gasteiger partial charge in [-0.3, -0.25) is 0 Å². The Morgan fingerprint density at radius 1 is 1.33 bits per heavy atom. The molecule has 0 spiro atoms. The minimum Gasteiger partial charge on any atom is -0.497 e. The predicted molar refractivity (Wildman–Crippen MR) is 75.1 cm³/mol. The van der Waals surface area contributed by atoms with Crippen LogP contribution in [0.2, 0.25) is 0 Å². The number of carbonyl (C=O) groups is 1. The maximum absolute atomic E-state index is 13.8. The molecule has 2 rings (SSSR count). The molecular formula is C15H14FNO4. The summed E-state index contributed by atoms with van der Waals surface area (Å²) in [5.41, 5.74) is 5.85. The van der Waals surface area contributed by atoms with Crippen LogP contribution in [0.25, 0.3) is 0 Å². The molecular weight excluding hydrogens is 277 g/mol. The molecule has 6 heteroatoms.